The van der Waals surface area contributed by atoms with Gasteiger partial charge >= 0.3 is 0 Å². The highest BCUT2D eigenvalue weighted by Crippen LogP contribution is 2.30. The van der Waals surface area contributed by atoms with Crippen LogP contribution in [0, 0.1) is 11.6 Å². The van der Waals surface area contributed by atoms with Crippen molar-refractivity contribution in [1.82, 2.24) is 0 Å². The third kappa shape index (κ3) is 2.33. The van der Waals surface area contributed by atoms with E-state index in [4.69, 9.17) is 0 Å². The lowest BCUT2D eigenvalue weighted by atomic mass is 9.90. The van der Waals surface area contributed by atoms with Gasteiger partial charge in [-0.25, -0.2) is 8.78 Å². The lowest BCUT2D eigenvalue weighted by Crippen LogP contribution is -2.32. The van der Waals surface area contributed by atoms with Gasteiger partial charge in [0.15, 0.2) is 11.6 Å². The first-order valence-electron chi connectivity index (χ1n) is 4.74. The van der Waals surface area contributed by atoms with Crippen molar-refractivity contribution >= 4 is 0 Å². The number of rotatable bonds is 3. The fraction of sp³-hybridized carbons (Fsp3) is 0.455. The third-order valence-electron chi connectivity index (χ3n) is 2.58. The van der Waals surface area contributed by atoms with E-state index in [0.29, 0.717) is 0 Å². The fourth-order valence-corrected chi connectivity index (χ4v) is 1.26. The van der Waals surface area contributed by atoms with Crippen molar-refractivity contribution in [2.24, 2.45) is 0 Å². The molecule has 1 aromatic carbocycles. The minimum Gasteiger partial charge on any atom is -0.387 e. The van der Waals surface area contributed by atoms with E-state index in [1.54, 1.807) is 6.92 Å². The van der Waals surface area contributed by atoms with Gasteiger partial charge in [0, 0.05) is 5.56 Å². The first-order valence-corrected chi connectivity index (χ1v) is 4.74. The Morgan fingerprint density at radius 1 is 1.40 bits per heavy atom. The normalized spacial score (nSPS) is 17.2. The van der Waals surface area contributed by atoms with Crippen LogP contribution < -0.4 is 0 Å². The van der Waals surface area contributed by atoms with Gasteiger partial charge in [-0.2, -0.15) is 0 Å². The van der Waals surface area contributed by atoms with E-state index in [9.17, 15) is 19.0 Å². The molecule has 1 aromatic rings. The van der Waals surface area contributed by atoms with E-state index in [2.05, 4.69) is 0 Å². The highest BCUT2D eigenvalue weighted by atomic mass is 19.2. The number of halogens is 2. The Morgan fingerprint density at radius 3 is 2.53 bits per heavy atom. The summed E-state index contributed by atoms with van der Waals surface area (Å²) in [5, 5.41) is 19.4. The summed E-state index contributed by atoms with van der Waals surface area (Å²) in [6, 6.07) is 3.52. The third-order valence-corrected chi connectivity index (χ3v) is 2.58. The van der Waals surface area contributed by atoms with Crippen LogP contribution in [0.3, 0.4) is 0 Å². The van der Waals surface area contributed by atoms with Crippen LogP contribution in [0.5, 0.6) is 0 Å². The Morgan fingerprint density at radius 2 is 2.00 bits per heavy atom. The Balaban J connectivity index is 3.12. The summed E-state index contributed by atoms with van der Waals surface area (Å²) in [5.74, 6) is -2.14. The number of aliphatic hydroxyl groups is 2. The van der Waals surface area contributed by atoms with Crippen LogP contribution >= 0.6 is 0 Å². The average molecular weight is 216 g/mol. The van der Waals surface area contributed by atoms with Crippen LogP contribution in [-0.2, 0) is 0 Å². The zero-order valence-electron chi connectivity index (χ0n) is 8.67. The monoisotopic (exact) mass is 216 g/mol. The van der Waals surface area contributed by atoms with Crippen molar-refractivity contribution in [3.63, 3.8) is 0 Å². The number of aliphatic hydroxyl groups excluding tert-OH is 1. The van der Waals surface area contributed by atoms with Crippen molar-refractivity contribution in [1.29, 1.82) is 0 Å². The highest BCUT2D eigenvalue weighted by Gasteiger charge is 2.32. The largest absolute Gasteiger partial charge is 0.387 e. The Kier molecular flexibility index (Phi) is 3.42. The SMILES string of the molecule is CCC(C)(O)C(O)c1cccc(F)c1F. The number of hydrogen-bond donors (Lipinski definition) is 2. The van der Waals surface area contributed by atoms with E-state index in [1.165, 1.54) is 19.1 Å². The molecule has 0 fully saturated rings. The lowest BCUT2D eigenvalue weighted by molar-refractivity contribution is -0.0675. The van der Waals surface area contributed by atoms with Gasteiger partial charge < -0.3 is 10.2 Å². The summed E-state index contributed by atoms with van der Waals surface area (Å²) in [6.07, 6.45) is -1.19. The summed E-state index contributed by atoms with van der Waals surface area (Å²) in [4.78, 5) is 0. The van der Waals surface area contributed by atoms with Gasteiger partial charge in [-0.05, 0) is 19.4 Å². The molecule has 0 aliphatic heterocycles. The van der Waals surface area contributed by atoms with Crippen molar-refractivity contribution in [2.45, 2.75) is 32.0 Å². The van der Waals surface area contributed by atoms with Crippen molar-refractivity contribution in [3.8, 4) is 0 Å². The van der Waals surface area contributed by atoms with E-state index in [-0.39, 0.29) is 12.0 Å². The van der Waals surface area contributed by atoms with Crippen LogP contribution in [0.4, 0.5) is 8.78 Å². The number of hydrogen-bond acceptors (Lipinski definition) is 2. The molecular formula is C11H14F2O2. The summed E-state index contributed by atoms with van der Waals surface area (Å²) in [6.45, 7) is 3.03. The molecule has 0 saturated carbocycles. The molecule has 4 heteroatoms. The zero-order valence-corrected chi connectivity index (χ0v) is 8.67. The molecule has 0 saturated heterocycles. The summed E-state index contributed by atoms with van der Waals surface area (Å²) < 4.78 is 26.1. The smallest absolute Gasteiger partial charge is 0.164 e. The van der Waals surface area contributed by atoms with Crippen LogP contribution in [0.25, 0.3) is 0 Å². The van der Waals surface area contributed by atoms with Gasteiger partial charge in [0.05, 0.1) is 5.60 Å². The van der Waals surface area contributed by atoms with E-state index < -0.39 is 23.3 Å². The summed E-state index contributed by atoms with van der Waals surface area (Å²) in [7, 11) is 0. The van der Waals surface area contributed by atoms with Gasteiger partial charge in [0.2, 0.25) is 0 Å². The van der Waals surface area contributed by atoms with Gasteiger partial charge in [0.1, 0.15) is 6.10 Å². The van der Waals surface area contributed by atoms with E-state index in [0.717, 1.165) is 6.07 Å². The second-order valence-electron chi connectivity index (χ2n) is 3.76. The zero-order chi connectivity index (χ0) is 11.6. The summed E-state index contributed by atoms with van der Waals surface area (Å²) in [5.41, 5.74) is -1.68. The Hall–Kier alpha value is -1.00. The van der Waals surface area contributed by atoms with Crippen molar-refractivity contribution in [2.75, 3.05) is 0 Å². The predicted octanol–water partition coefficient (Wildman–Crippen LogP) is 2.16. The standard InChI is InChI=1S/C11H14F2O2/c1-3-11(2,15)10(14)7-5-4-6-8(12)9(7)13/h4-6,10,14-15H,3H2,1-2H3. The molecule has 0 amide bonds. The molecule has 84 valence electrons. The van der Waals surface area contributed by atoms with Gasteiger partial charge in [-0.1, -0.05) is 19.1 Å². The first-order chi connectivity index (χ1) is 6.90. The topological polar surface area (TPSA) is 40.5 Å². The molecule has 0 bridgehead atoms. The molecule has 0 spiro atoms. The molecule has 2 N–H and O–H groups in total. The lowest BCUT2D eigenvalue weighted by Gasteiger charge is -2.28. The van der Waals surface area contributed by atoms with Crippen molar-refractivity contribution in [3.05, 3.63) is 35.4 Å². The minimum atomic E-state index is -1.46. The quantitative estimate of drug-likeness (QED) is 0.812. The molecule has 2 unspecified atom stereocenters. The maximum Gasteiger partial charge on any atom is 0.164 e. The van der Waals surface area contributed by atoms with Gasteiger partial charge in [-0.3, -0.25) is 0 Å². The minimum absolute atomic E-state index is 0.221. The molecular weight excluding hydrogens is 202 g/mol. The van der Waals surface area contributed by atoms with Crippen LogP contribution in [-0.4, -0.2) is 15.8 Å². The molecule has 1 rings (SSSR count). The molecule has 0 aliphatic rings. The van der Waals surface area contributed by atoms with Crippen LogP contribution in [0.1, 0.15) is 31.9 Å². The van der Waals surface area contributed by atoms with Crippen LogP contribution in [0.2, 0.25) is 0 Å². The maximum absolute atomic E-state index is 13.3. The maximum atomic E-state index is 13.3. The molecule has 0 heterocycles. The molecule has 15 heavy (non-hydrogen) atoms. The van der Waals surface area contributed by atoms with Crippen LogP contribution in [0.15, 0.2) is 18.2 Å². The fourth-order valence-electron chi connectivity index (χ4n) is 1.26. The Labute approximate surface area is 87.2 Å². The molecule has 2 nitrogen and oxygen atoms in total. The Bertz CT molecular complexity index is 350. The second-order valence-corrected chi connectivity index (χ2v) is 3.76. The molecule has 0 aromatic heterocycles. The second kappa shape index (κ2) is 4.24. The molecule has 0 radical (unpaired) electrons. The van der Waals surface area contributed by atoms with Crippen molar-refractivity contribution < 1.29 is 19.0 Å². The average Bonchev–Trinajstić information content (AvgIpc) is 2.21. The molecule has 0 aliphatic carbocycles. The molecule has 2 atom stereocenters. The van der Waals surface area contributed by atoms with E-state index in [1.807, 2.05) is 0 Å². The van der Waals surface area contributed by atoms with E-state index >= 15 is 0 Å². The van der Waals surface area contributed by atoms with Gasteiger partial charge in [0.25, 0.3) is 0 Å². The first kappa shape index (κ1) is 12.1. The highest BCUT2D eigenvalue weighted by molar-refractivity contribution is 5.23. The predicted molar refractivity (Wildman–Crippen MR) is 52.2 cm³/mol. The summed E-state index contributed by atoms with van der Waals surface area (Å²) >= 11 is 0. The number of benzene rings is 1. The van der Waals surface area contributed by atoms with Gasteiger partial charge in [-0.15, -0.1) is 0 Å².